The Kier molecular flexibility index (Phi) is 3.66. The van der Waals surface area contributed by atoms with Gasteiger partial charge in [-0.1, -0.05) is 44.2 Å². The Labute approximate surface area is 94.5 Å². The first-order valence-corrected chi connectivity index (χ1v) is 5.39. The zero-order valence-electron chi connectivity index (χ0n) is 9.81. The molecule has 90 valence electrons. The number of halogens is 3. The summed E-state index contributed by atoms with van der Waals surface area (Å²) in [4.78, 5) is 0. The fourth-order valence-electron chi connectivity index (χ4n) is 2.02. The molecule has 0 saturated carbocycles. The van der Waals surface area contributed by atoms with Crippen molar-refractivity contribution in [3.63, 3.8) is 0 Å². The molecular weight excluding hydrogens is 213 g/mol. The summed E-state index contributed by atoms with van der Waals surface area (Å²) in [5.74, 6) is 0.00633. The molecule has 1 atom stereocenters. The van der Waals surface area contributed by atoms with E-state index in [-0.39, 0.29) is 12.3 Å². The van der Waals surface area contributed by atoms with Crippen LogP contribution in [0.4, 0.5) is 13.2 Å². The molecule has 3 heteroatoms. The summed E-state index contributed by atoms with van der Waals surface area (Å²) < 4.78 is 39.5. The maximum absolute atomic E-state index is 13.2. The largest absolute Gasteiger partial charge is 0.398 e. The standard InChI is InChI=1S/C13H17F3/c1-10(2)9-12(3,13(14,15)16)11-7-5-4-6-8-11/h4-8,10H,9H2,1-3H3. The number of alkyl halides is 3. The van der Waals surface area contributed by atoms with Crippen LogP contribution in [0.1, 0.15) is 32.8 Å². The van der Waals surface area contributed by atoms with Gasteiger partial charge in [0.15, 0.2) is 0 Å². The van der Waals surface area contributed by atoms with Gasteiger partial charge in [-0.2, -0.15) is 13.2 Å². The highest BCUT2D eigenvalue weighted by atomic mass is 19.4. The Bertz CT molecular complexity index is 327. The molecule has 0 nitrogen and oxygen atoms in total. The third-order valence-electron chi connectivity index (χ3n) is 2.85. The lowest BCUT2D eigenvalue weighted by atomic mass is 9.75. The summed E-state index contributed by atoms with van der Waals surface area (Å²) in [5, 5.41) is 0. The average molecular weight is 230 g/mol. The van der Waals surface area contributed by atoms with Crippen LogP contribution in [0.5, 0.6) is 0 Å². The van der Waals surface area contributed by atoms with Gasteiger partial charge in [0.25, 0.3) is 0 Å². The van der Waals surface area contributed by atoms with Gasteiger partial charge in [-0.25, -0.2) is 0 Å². The average Bonchev–Trinajstić information content (AvgIpc) is 2.16. The number of benzene rings is 1. The van der Waals surface area contributed by atoms with Crippen molar-refractivity contribution in [2.45, 2.75) is 38.8 Å². The van der Waals surface area contributed by atoms with Gasteiger partial charge in [-0.15, -0.1) is 0 Å². The van der Waals surface area contributed by atoms with Crippen molar-refractivity contribution in [2.24, 2.45) is 5.92 Å². The monoisotopic (exact) mass is 230 g/mol. The van der Waals surface area contributed by atoms with Crippen molar-refractivity contribution in [1.29, 1.82) is 0 Å². The van der Waals surface area contributed by atoms with Gasteiger partial charge in [0.1, 0.15) is 0 Å². The number of hydrogen-bond acceptors (Lipinski definition) is 0. The van der Waals surface area contributed by atoms with E-state index in [2.05, 4.69) is 0 Å². The van der Waals surface area contributed by atoms with Gasteiger partial charge in [-0.05, 0) is 24.8 Å². The van der Waals surface area contributed by atoms with Crippen molar-refractivity contribution in [1.82, 2.24) is 0 Å². The molecule has 0 heterocycles. The fraction of sp³-hybridized carbons (Fsp3) is 0.538. The first-order valence-electron chi connectivity index (χ1n) is 5.39. The Balaban J connectivity index is 3.16. The summed E-state index contributed by atoms with van der Waals surface area (Å²) in [6.07, 6.45) is -4.10. The maximum atomic E-state index is 13.2. The second-order valence-electron chi connectivity index (χ2n) is 4.79. The molecule has 0 saturated heterocycles. The minimum absolute atomic E-state index is 0.00633. The zero-order valence-corrected chi connectivity index (χ0v) is 9.81. The van der Waals surface area contributed by atoms with Crippen LogP contribution in [0, 0.1) is 5.92 Å². The first-order chi connectivity index (χ1) is 7.27. The van der Waals surface area contributed by atoms with Gasteiger partial charge in [0, 0.05) is 0 Å². The SMILES string of the molecule is CC(C)CC(C)(c1ccccc1)C(F)(F)F. The molecule has 1 unspecified atom stereocenters. The minimum Gasteiger partial charge on any atom is -0.170 e. The fourth-order valence-corrected chi connectivity index (χ4v) is 2.02. The van der Waals surface area contributed by atoms with Gasteiger partial charge in [0.05, 0.1) is 5.41 Å². The number of hydrogen-bond donors (Lipinski definition) is 0. The predicted molar refractivity (Wildman–Crippen MR) is 59.3 cm³/mol. The van der Waals surface area contributed by atoms with Crippen LogP contribution in [-0.4, -0.2) is 6.18 Å². The second kappa shape index (κ2) is 4.48. The normalized spacial score (nSPS) is 16.2. The molecule has 0 spiro atoms. The highest BCUT2D eigenvalue weighted by molar-refractivity contribution is 5.26. The van der Waals surface area contributed by atoms with Crippen molar-refractivity contribution >= 4 is 0 Å². The Morgan fingerprint density at radius 3 is 1.94 bits per heavy atom. The van der Waals surface area contributed by atoms with Crippen LogP contribution in [0.25, 0.3) is 0 Å². The zero-order chi connectivity index (χ0) is 12.4. The molecule has 16 heavy (non-hydrogen) atoms. The van der Waals surface area contributed by atoms with Crippen LogP contribution in [0.3, 0.4) is 0 Å². The molecule has 1 rings (SSSR count). The summed E-state index contributed by atoms with van der Waals surface area (Å²) in [7, 11) is 0. The topological polar surface area (TPSA) is 0 Å². The molecule has 0 amide bonds. The van der Waals surface area contributed by atoms with Crippen LogP contribution in [0.2, 0.25) is 0 Å². The highest BCUT2D eigenvalue weighted by Gasteiger charge is 2.51. The van der Waals surface area contributed by atoms with Gasteiger partial charge in [-0.3, -0.25) is 0 Å². The van der Waals surface area contributed by atoms with E-state index < -0.39 is 11.6 Å². The molecule has 0 N–H and O–H groups in total. The predicted octanol–water partition coefficient (Wildman–Crippen LogP) is 4.55. The molecule has 0 aliphatic rings. The maximum Gasteiger partial charge on any atom is 0.398 e. The van der Waals surface area contributed by atoms with Crippen molar-refractivity contribution in [3.8, 4) is 0 Å². The highest BCUT2D eigenvalue weighted by Crippen LogP contribution is 2.45. The van der Waals surface area contributed by atoms with Crippen molar-refractivity contribution < 1.29 is 13.2 Å². The molecule has 0 bridgehead atoms. The van der Waals surface area contributed by atoms with Crippen molar-refractivity contribution in [3.05, 3.63) is 35.9 Å². The summed E-state index contributed by atoms with van der Waals surface area (Å²) in [6, 6.07) is 8.14. The molecule has 0 radical (unpaired) electrons. The quantitative estimate of drug-likeness (QED) is 0.714. The third-order valence-corrected chi connectivity index (χ3v) is 2.85. The van der Waals surface area contributed by atoms with Crippen molar-refractivity contribution in [2.75, 3.05) is 0 Å². The second-order valence-corrected chi connectivity index (χ2v) is 4.79. The number of rotatable bonds is 3. The van der Waals surface area contributed by atoms with Crippen LogP contribution >= 0.6 is 0 Å². The van der Waals surface area contributed by atoms with Crippen LogP contribution in [0.15, 0.2) is 30.3 Å². The van der Waals surface area contributed by atoms with E-state index in [1.54, 1.807) is 30.3 Å². The lowest BCUT2D eigenvalue weighted by Crippen LogP contribution is -2.40. The van der Waals surface area contributed by atoms with Gasteiger partial charge in [0.2, 0.25) is 0 Å². The molecule has 0 fully saturated rings. The van der Waals surface area contributed by atoms with E-state index in [1.165, 1.54) is 6.92 Å². The van der Waals surface area contributed by atoms with Gasteiger partial charge >= 0.3 is 6.18 Å². The molecule has 0 aliphatic heterocycles. The molecule has 1 aromatic rings. The van der Waals surface area contributed by atoms with E-state index in [9.17, 15) is 13.2 Å². The lowest BCUT2D eigenvalue weighted by Gasteiger charge is -2.34. The summed E-state index contributed by atoms with van der Waals surface area (Å²) in [5.41, 5.74) is -1.40. The summed E-state index contributed by atoms with van der Waals surface area (Å²) in [6.45, 7) is 4.90. The Hall–Kier alpha value is -0.990. The van der Waals surface area contributed by atoms with Crippen LogP contribution < -0.4 is 0 Å². The van der Waals surface area contributed by atoms with E-state index in [0.29, 0.717) is 5.56 Å². The lowest BCUT2D eigenvalue weighted by molar-refractivity contribution is -0.190. The summed E-state index contributed by atoms with van der Waals surface area (Å²) >= 11 is 0. The molecular formula is C13H17F3. The van der Waals surface area contributed by atoms with Gasteiger partial charge < -0.3 is 0 Å². The molecule has 0 aliphatic carbocycles. The molecule has 1 aromatic carbocycles. The van der Waals surface area contributed by atoms with E-state index in [4.69, 9.17) is 0 Å². The smallest absolute Gasteiger partial charge is 0.170 e. The Morgan fingerprint density at radius 1 is 1.06 bits per heavy atom. The first kappa shape index (κ1) is 13.1. The third kappa shape index (κ3) is 2.57. The van der Waals surface area contributed by atoms with E-state index in [0.717, 1.165) is 0 Å². The Morgan fingerprint density at radius 2 is 1.56 bits per heavy atom. The van der Waals surface area contributed by atoms with Crippen LogP contribution in [-0.2, 0) is 5.41 Å². The van der Waals surface area contributed by atoms with E-state index >= 15 is 0 Å². The van der Waals surface area contributed by atoms with E-state index in [1.807, 2.05) is 13.8 Å². The molecule has 0 aromatic heterocycles. The minimum atomic E-state index is -4.21.